The van der Waals surface area contributed by atoms with E-state index in [0.717, 1.165) is 17.9 Å². The standard InChI is InChI=1S/C9H18N2/c1-10-6-4-8-7-3-2-5-11-9(7)8/h7-11H,2-6H2,1H3/t7-,8?,9-/m1/s1. The highest BCUT2D eigenvalue weighted by atomic mass is 15.0. The van der Waals surface area contributed by atoms with Crippen LogP contribution >= 0.6 is 0 Å². The van der Waals surface area contributed by atoms with Gasteiger partial charge in [-0.2, -0.15) is 0 Å². The van der Waals surface area contributed by atoms with E-state index >= 15 is 0 Å². The summed E-state index contributed by atoms with van der Waals surface area (Å²) in [6.07, 6.45) is 4.25. The second-order valence-corrected chi connectivity index (χ2v) is 3.84. The average Bonchev–Trinajstić information content (AvgIpc) is 2.75. The Labute approximate surface area is 68.7 Å². The molecule has 1 saturated carbocycles. The third kappa shape index (κ3) is 1.42. The fourth-order valence-electron chi connectivity index (χ4n) is 2.45. The van der Waals surface area contributed by atoms with Gasteiger partial charge >= 0.3 is 0 Å². The zero-order valence-electron chi connectivity index (χ0n) is 7.27. The van der Waals surface area contributed by atoms with E-state index < -0.39 is 0 Å². The van der Waals surface area contributed by atoms with Crippen LogP contribution in [0.1, 0.15) is 19.3 Å². The van der Waals surface area contributed by atoms with Crippen molar-refractivity contribution >= 4 is 0 Å². The molecule has 0 amide bonds. The van der Waals surface area contributed by atoms with Crippen LogP contribution in [0.3, 0.4) is 0 Å². The zero-order valence-corrected chi connectivity index (χ0v) is 7.27. The maximum Gasteiger partial charge on any atom is 0.0130 e. The molecule has 1 heterocycles. The molecule has 1 unspecified atom stereocenters. The molecule has 2 aliphatic rings. The van der Waals surface area contributed by atoms with Gasteiger partial charge in [-0.05, 0) is 51.2 Å². The van der Waals surface area contributed by atoms with Gasteiger partial charge in [-0.15, -0.1) is 0 Å². The molecule has 1 aliphatic heterocycles. The van der Waals surface area contributed by atoms with Crippen molar-refractivity contribution in [2.45, 2.75) is 25.3 Å². The highest BCUT2D eigenvalue weighted by Gasteiger charge is 2.49. The van der Waals surface area contributed by atoms with Crippen molar-refractivity contribution in [2.75, 3.05) is 20.1 Å². The summed E-state index contributed by atoms with van der Waals surface area (Å²) in [6, 6.07) is 0.900. The number of hydrogen-bond donors (Lipinski definition) is 2. The molecular formula is C9H18N2. The minimum Gasteiger partial charge on any atom is -0.320 e. The summed E-state index contributed by atoms with van der Waals surface area (Å²) in [7, 11) is 2.04. The summed E-state index contributed by atoms with van der Waals surface area (Å²) in [5.74, 6) is 2.04. The van der Waals surface area contributed by atoms with Crippen molar-refractivity contribution in [3.8, 4) is 0 Å². The number of piperidine rings is 1. The first-order valence-electron chi connectivity index (χ1n) is 4.81. The van der Waals surface area contributed by atoms with Gasteiger partial charge < -0.3 is 10.6 Å². The Bertz CT molecular complexity index is 124. The van der Waals surface area contributed by atoms with E-state index in [1.54, 1.807) is 0 Å². The molecule has 1 aliphatic carbocycles. The van der Waals surface area contributed by atoms with Gasteiger partial charge in [-0.1, -0.05) is 0 Å². The van der Waals surface area contributed by atoms with Gasteiger partial charge in [0.05, 0.1) is 0 Å². The molecule has 64 valence electrons. The van der Waals surface area contributed by atoms with Crippen LogP contribution < -0.4 is 10.6 Å². The lowest BCUT2D eigenvalue weighted by molar-refractivity contribution is 0.504. The lowest BCUT2D eigenvalue weighted by atomic mass is 10.1. The number of hydrogen-bond acceptors (Lipinski definition) is 2. The second-order valence-electron chi connectivity index (χ2n) is 3.84. The Balaban J connectivity index is 1.72. The molecular weight excluding hydrogens is 136 g/mol. The number of rotatable bonds is 3. The predicted octanol–water partition coefficient (Wildman–Crippen LogP) is 0.594. The maximum absolute atomic E-state index is 3.59. The van der Waals surface area contributed by atoms with Crippen molar-refractivity contribution in [3.63, 3.8) is 0 Å². The molecule has 3 atom stereocenters. The lowest BCUT2D eigenvalue weighted by Crippen LogP contribution is -2.24. The first kappa shape index (κ1) is 7.56. The Hall–Kier alpha value is -0.0800. The second kappa shape index (κ2) is 3.11. The molecule has 1 saturated heterocycles. The van der Waals surface area contributed by atoms with E-state index in [0.29, 0.717) is 0 Å². The van der Waals surface area contributed by atoms with Gasteiger partial charge in [-0.3, -0.25) is 0 Å². The van der Waals surface area contributed by atoms with Crippen LogP contribution in [0.5, 0.6) is 0 Å². The summed E-state index contributed by atoms with van der Waals surface area (Å²) in [5, 5.41) is 6.81. The first-order chi connectivity index (χ1) is 5.43. The third-order valence-electron chi connectivity index (χ3n) is 3.15. The molecule has 0 aromatic carbocycles. The molecule has 0 bridgehead atoms. The highest BCUT2D eigenvalue weighted by molar-refractivity contribution is 5.04. The largest absolute Gasteiger partial charge is 0.320 e. The Morgan fingerprint density at radius 3 is 3.09 bits per heavy atom. The normalized spacial score (nSPS) is 41.7. The molecule has 2 N–H and O–H groups in total. The topological polar surface area (TPSA) is 24.1 Å². The van der Waals surface area contributed by atoms with Gasteiger partial charge in [-0.25, -0.2) is 0 Å². The van der Waals surface area contributed by atoms with E-state index in [4.69, 9.17) is 0 Å². The van der Waals surface area contributed by atoms with Gasteiger partial charge in [0, 0.05) is 6.04 Å². The molecule has 0 aromatic rings. The van der Waals surface area contributed by atoms with Crippen LogP contribution in [0.15, 0.2) is 0 Å². The van der Waals surface area contributed by atoms with E-state index in [2.05, 4.69) is 10.6 Å². The summed E-state index contributed by atoms with van der Waals surface area (Å²) < 4.78 is 0. The van der Waals surface area contributed by atoms with E-state index in [1.165, 1.54) is 32.4 Å². The molecule has 2 heteroatoms. The van der Waals surface area contributed by atoms with Crippen LogP contribution in [0.4, 0.5) is 0 Å². The minimum atomic E-state index is 0.900. The lowest BCUT2D eigenvalue weighted by Gasteiger charge is -2.08. The van der Waals surface area contributed by atoms with Crippen molar-refractivity contribution in [1.82, 2.24) is 10.6 Å². The molecule has 2 rings (SSSR count). The van der Waals surface area contributed by atoms with E-state index in [1.807, 2.05) is 7.05 Å². The first-order valence-corrected chi connectivity index (χ1v) is 4.81. The maximum atomic E-state index is 3.59. The van der Waals surface area contributed by atoms with Crippen molar-refractivity contribution in [3.05, 3.63) is 0 Å². The van der Waals surface area contributed by atoms with Gasteiger partial charge in [0.25, 0.3) is 0 Å². The van der Waals surface area contributed by atoms with Crippen molar-refractivity contribution in [1.29, 1.82) is 0 Å². The summed E-state index contributed by atoms with van der Waals surface area (Å²) >= 11 is 0. The van der Waals surface area contributed by atoms with Gasteiger partial charge in [0.2, 0.25) is 0 Å². The molecule has 11 heavy (non-hydrogen) atoms. The van der Waals surface area contributed by atoms with Gasteiger partial charge in [0.15, 0.2) is 0 Å². The number of fused-ring (bicyclic) bond motifs is 1. The number of nitrogens with one attached hydrogen (secondary N) is 2. The Morgan fingerprint density at radius 1 is 1.55 bits per heavy atom. The van der Waals surface area contributed by atoms with Crippen LogP contribution in [-0.4, -0.2) is 26.2 Å². The van der Waals surface area contributed by atoms with Crippen LogP contribution in [0.25, 0.3) is 0 Å². The fraction of sp³-hybridized carbons (Fsp3) is 1.00. The van der Waals surface area contributed by atoms with E-state index in [-0.39, 0.29) is 0 Å². The molecule has 2 fully saturated rings. The van der Waals surface area contributed by atoms with Crippen LogP contribution in [0.2, 0.25) is 0 Å². The fourth-order valence-corrected chi connectivity index (χ4v) is 2.45. The van der Waals surface area contributed by atoms with Crippen LogP contribution in [-0.2, 0) is 0 Å². The highest BCUT2D eigenvalue weighted by Crippen LogP contribution is 2.46. The zero-order chi connectivity index (χ0) is 7.68. The SMILES string of the molecule is CNCCC1[C@H]2CCCN[C@@H]12. The summed E-state index contributed by atoms with van der Waals surface area (Å²) in [4.78, 5) is 0. The Kier molecular flexibility index (Phi) is 2.14. The average molecular weight is 154 g/mol. The molecule has 2 nitrogen and oxygen atoms in total. The summed E-state index contributed by atoms with van der Waals surface area (Å²) in [6.45, 7) is 2.45. The van der Waals surface area contributed by atoms with Gasteiger partial charge in [0.1, 0.15) is 0 Å². The van der Waals surface area contributed by atoms with E-state index in [9.17, 15) is 0 Å². The van der Waals surface area contributed by atoms with Crippen molar-refractivity contribution < 1.29 is 0 Å². The smallest absolute Gasteiger partial charge is 0.0130 e. The summed E-state index contributed by atoms with van der Waals surface area (Å²) in [5.41, 5.74) is 0. The third-order valence-corrected chi connectivity index (χ3v) is 3.15. The molecule has 0 spiro atoms. The predicted molar refractivity (Wildman–Crippen MR) is 46.5 cm³/mol. The van der Waals surface area contributed by atoms with Crippen LogP contribution in [0, 0.1) is 11.8 Å². The Morgan fingerprint density at radius 2 is 2.45 bits per heavy atom. The molecule has 0 aromatic heterocycles. The monoisotopic (exact) mass is 154 g/mol. The van der Waals surface area contributed by atoms with Crippen molar-refractivity contribution in [2.24, 2.45) is 11.8 Å². The molecule has 0 radical (unpaired) electrons. The minimum absolute atomic E-state index is 0.900. The quantitative estimate of drug-likeness (QED) is 0.622.